The van der Waals surface area contributed by atoms with Crippen LogP contribution in [0.4, 0.5) is 0 Å². The predicted octanol–water partition coefficient (Wildman–Crippen LogP) is 3.27. The minimum absolute atomic E-state index is 0.180. The van der Waals surface area contributed by atoms with E-state index in [1.54, 1.807) is 7.11 Å². The van der Waals surface area contributed by atoms with Gasteiger partial charge in [-0.2, -0.15) is 0 Å². The molecule has 1 aromatic rings. The quantitative estimate of drug-likeness (QED) is 0.928. The molecule has 4 heteroatoms. The Balaban J connectivity index is 2.47. The summed E-state index contributed by atoms with van der Waals surface area (Å²) < 4.78 is 6.40. The molecule has 0 aromatic heterocycles. The smallest absolute Gasteiger partial charge is 0.304 e. The van der Waals surface area contributed by atoms with Gasteiger partial charge < -0.3 is 9.84 Å². The molecule has 92 valence electrons. The molecular formula is C13H15BrO3. The molecule has 1 fully saturated rings. The maximum Gasteiger partial charge on any atom is 0.304 e. The number of hydrogen-bond acceptors (Lipinski definition) is 2. The number of carboxylic acid groups (broad SMARTS) is 1. The summed E-state index contributed by atoms with van der Waals surface area (Å²) in [6, 6.07) is 3.97. The number of aliphatic carboxylic acids is 1. The third kappa shape index (κ3) is 2.32. The van der Waals surface area contributed by atoms with Crippen molar-refractivity contribution in [2.24, 2.45) is 0 Å². The van der Waals surface area contributed by atoms with Crippen LogP contribution in [0.5, 0.6) is 5.75 Å². The standard InChI is InChI=1S/C13H15BrO3/c1-8-5-9(14)6-10(12(8)17-2)13(3-4-13)7-11(15)16/h5-6H,3-4,7H2,1-2H3,(H,15,16). The molecule has 0 aliphatic heterocycles. The van der Waals surface area contributed by atoms with Crippen molar-refractivity contribution in [3.63, 3.8) is 0 Å². The first-order valence-corrected chi connectivity index (χ1v) is 6.34. The van der Waals surface area contributed by atoms with E-state index in [4.69, 9.17) is 9.84 Å². The van der Waals surface area contributed by atoms with Crippen molar-refractivity contribution in [1.82, 2.24) is 0 Å². The fraction of sp³-hybridized carbons (Fsp3) is 0.462. The summed E-state index contributed by atoms with van der Waals surface area (Å²) in [5.74, 6) is 0.0779. The summed E-state index contributed by atoms with van der Waals surface area (Å²) in [4.78, 5) is 10.9. The molecule has 0 spiro atoms. The first-order valence-electron chi connectivity index (χ1n) is 5.55. The van der Waals surface area contributed by atoms with Gasteiger partial charge in [-0.25, -0.2) is 0 Å². The molecule has 0 saturated heterocycles. The average molecular weight is 299 g/mol. The van der Waals surface area contributed by atoms with E-state index >= 15 is 0 Å². The topological polar surface area (TPSA) is 46.5 Å². The largest absolute Gasteiger partial charge is 0.496 e. The molecule has 0 amide bonds. The summed E-state index contributed by atoms with van der Waals surface area (Å²) in [6.07, 6.45) is 2.02. The number of benzene rings is 1. The van der Waals surface area contributed by atoms with Crippen LogP contribution in [0.25, 0.3) is 0 Å². The fourth-order valence-corrected chi connectivity index (χ4v) is 2.95. The van der Waals surface area contributed by atoms with Gasteiger partial charge in [0, 0.05) is 15.5 Å². The van der Waals surface area contributed by atoms with Crippen LogP contribution in [0, 0.1) is 6.92 Å². The van der Waals surface area contributed by atoms with Gasteiger partial charge in [-0.1, -0.05) is 15.9 Å². The normalized spacial score (nSPS) is 16.6. The fourth-order valence-electron chi connectivity index (χ4n) is 2.38. The lowest BCUT2D eigenvalue weighted by atomic mass is 9.90. The molecule has 0 atom stereocenters. The van der Waals surface area contributed by atoms with Gasteiger partial charge in [0.25, 0.3) is 0 Å². The Labute approximate surface area is 109 Å². The molecule has 1 N–H and O–H groups in total. The molecule has 0 bridgehead atoms. The Hall–Kier alpha value is -1.03. The van der Waals surface area contributed by atoms with Gasteiger partial charge in [-0.15, -0.1) is 0 Å². The Morgan fingerprint density at radius 2 is 2.18 bits per heavy atom. The third-order valence-corrected chi connectivity index (χ3v) is 3.82. The van der Waals surface area contributed by atoms with Gasteiger partial charge >= 0.3 is 5.97 Å². The second kappa shape index (κ2) is 4.33. The highest BCUT2D eigenvalue weighted by Crippen LogP contribution is 2.54. The van der Waals surface area contributed by atoms with Crippen molar-refractivity contribution in [2.45, 2.75) is 31.6 Å². The van der Waals surface area contributed by atoms with Crippen LogP contribution in [-0.2, 0) is 10.2 Å². The molecule has 1 aromatic carbocycles. The van der Waals surface area contributed by atoms with Crippen molar-refractivity contribution < 1.29 is 14.6 Å². The van der Waals surface area contributed by atoms with E-state index in [0.717, 1.165) is 34.2 Å². The Morgan fingerprint density at radius 3 is 2.65 bits per heavy atom. The highest BCUT2D eigenvalue weighted by atomic mass is 79.9. The van der Waals surface area contributed by atoms with Crippen molar-refractivity contribution in [3.8, 4) is 5.75 Å². The first kappa shape index (κ1) is 12.4. The number of hydrogen-bond donors (Lipinski definition) is 1. The zero-order chi connectivity index (χ0) is 12.6. The van der Waals surface area contributed by atoms with E-state index in [1.165, 1.54) is 0 Å². The summed E-state index contributed by atoms with van der Waals surface area (Å²) in [5, 5.41) is 9.00. The first-order chi connectivity index (χ1) is 7.98. The third-order valence-electron chi connectivity index (χ3n) is 3.36. The summed E-state index contributed by atoms with van der Waals surface area (Å²) >= 11 is 3.46. The molecule has 1 aliphatic carbocycles. The van der Waals surface area contributed by atoms with Crippen LogP contribution < -0.4 is 4.74 Å². The molecule has 1 aliphatic rings. The van der Waals surface area contributed by atoms with Crippen molar-refractivity contribution in [1.29, 1.82) is 0 Å². The minimum Gasteiger partial charge on any atom is -0.496 e. The van der Waals surface area contributed by atoms with Gasteiger partial charge in [0.15, 0.2) is 0 Å². The van der Waals surface area contributed by atoms with E-state index in [-0.39, 0.29) is 11.8 Å². The number of methoxy groups -OCH3 is 1. The lowest BCUT2D eigenvalue weighted by molar-refractivity contribution is -0.137. The van der Waals surface area contributed by atoms with Crippen molar-refractivity contribution in [2.75, 3.05) is 7.11 Å². The maximum absolute atomic E-state index is 10.9. The number of ether oxygens (including phenoxy) is 1. The number of carboxylic acids is 1. The molecule has 0 radical (unpaired) electrons. The summed E-state index contributed by atoms with van der Waals surface area (Å²) in [7, 11) is 1.64. The van der Waals surface area contributed by atoms with E-state index in [9.17, 15) is 4.79 Å². The summed E-state index contributed by atoms with van der Waals surface area (Å²) in [5.41, 5.74) is 1.84. The van der Waals surface area contributed by atoms with Crippen LogP contribution in [0.2, 0.25) is 0 Å². The maximum atomic E-state index is 10.9. The highest BCUT2D eigenvalue weighted by Gasteiger charge is 2.48. The Kier molecular flexibility index (Phi) is 3.17. The SMILES string of the molecule is COc1c(C)cc(Br)cc1C1(CC(=O)O)CC1. The molecule has 0 heterocycles. The zero-order valence-corrected chi connectivity index (χ0v) is 11.5. The van der Waals surface area contributed by atoms with Gasteiger partial charge in [0.05, 0.1) is 13.5 Å². The minimum atomic E-state index is -0.748. The van der Waals surface area contributed by atoms with Gasteiger partial charge in [0.2, 0.25) is 0 Å². The average Bonchev–Trinajstić information content (AvgIpc) is 2.96. The van der Waals surface area contributed by atoms with Gasteiger partial charge in [0.1, 0.15) is 5.75 Å². The lowest BCUT2D eigenvalue weighted by Gasteiger charge is -2.19. The number of aryl methyl sites for hydroxylation is 1. The van der Waals surface area contributed by atoms with E-state index in [0.29, 0.717) is 0 Å². The van der Waals surface area contributed by atoms with Crippen LogP contribution in [0.1, 0.15) is 30.4 Å². The Morgan fingerprint density at radius 1 is 1.53 bits per heavy atom. The second-order valence-electron chi connectivity index (χ2n) is 4.65. The van der Waals surface area contributed by atoms with E-state index < -0.39 is 5.97 Å². The number of halogens is 1. The predicted molar refractivity (Wildman–Crippen MR) is 68.6 cm³/mol. The number of carbonyl (C=O) groups is 1. The van der Waals surface area contributed by atoms with E-state index in [1.807, 2.05) is 19.1 Å². The molecule has 1 saturated carbocycles. The molecule has 0 unspecified atom stereocenters. The highest BCUT2D eigenvalue weighted by molar-refractivity contribution is 9.10. The molecule has 2 rings (SSSR count). The van der Waals surface area contributed by atoms with E-state index in [2.05, 4.69) is 15.9 Å². The molecule has 17 heavy (non-hydrogen) atoms. The number of rotatable bonds is 4. The van der Waals surface area contributed by atoms with Crippen LogP contribution in [-0.4, -0.2) is 18.2 Å². The van der Waals surface area contributed by atoms with Gasteiger partial charge in [-0.05, 0) is 37.5 Å². The zero-order valence-electron chi connectivity index (χ0n) is 9.92. The summed E-state index contributed by atoms with van der Waals surface area (Å²) in [6.45, 7) is 1.98. The monoisotopic (exact) mass is 298 g/mol. The lowest BCUT2D eigenvalue weighted by Crippen LogP contribution is -2.14. The van der Waals surface area contributed by atoms with Crippen LogP contribution in [0.3, 0.4) is 0 Å². The van der Waals surface area contributed by atoms with Crippen LogP contribution in [0.15, 0.2) is 16.6 Å². The van der Waals surface area contributed by atoms with Crippen LogP contribution >= 0.6 is 15.9 Å². The van der Waals surface area contributed by atoms with Gasteiger partial charge in [-0.3, -0.25) is 4.79 Å². The Bertz CT molecular complexity index is 464. The molecule has 3 nitrogen and oxygen atoms in total. The molecular weight excluding hydrogens is 284 g/mol. The second-order valence-corrected chi connectivity index (χ2v) is 5.57. The van der Waals surface area contributed by atoms with Crippen molar-refractivity contribution >= 4 is 21.9 Å². The van der Waals surface area contributed by atoms with Crippen molar-refractivity contribution in [3.05, 3.63) is 27.7 Å².